The molecular weight excluding hydrogens is 222 g/mol. The lowest BCUT2D eigenvalue weighted by molar-refractivity contribution is 0.0689. The minimum absolute atomic E-state index is 0.0289. The highest BCUT2D eigenvalue weighted by Crippen LogP contribution is 2.34. The molecule has 0 spiro atoms. The Labute approximate surface area is 98.1 Å². The molecule has 1 saturated carbocycles. The standard InChI is InChI=1S/C12H13NO4/c14-7-12(5-6-12)13-10(15)8-3-1-2-4-9(8)11(16)17/h1-4,14H,5-7H2,(H,13,15)(H,16,17). The van der Waals surface area contributed by atoms with Crippen LogP contribution in [0.3, 0.4) is 0 Å². The number of carboxylic acid groups (broad SMARTS) is 1. The van der Waals surface area contributed by atoms with Crippen LogP contribution in [0.1, 0.15) is 33.6 Å². The van der Waals surface area contributed by atoms with Crippen molar-refractivity contribution < 1.29 is 19.8 Å². The molecule has 1 aliphatic carbocycles. The van der Waals surface area contributed by atoms with Gasteiger partial charge in [0, 0.05) is 0 Å². The summed E-state index contributed by atoms with van der Waals surface area (Å²) in [7, 11) is 0. The van der Waals surface area contributed by atoms with Crippen LogP contribution in [-0.4, -0.2) is 34.2 Å². The maximum Gasteiger partial charge on any atom is 0.336 e. The molecule has 1 aromatic carbocycles. The van der Waals surface area contributed by atoms with Crippen LogP contribution in [0, 0.1) is 0 Å². The lowest BCUT2D eigenvalue weighted by Gasteiger charge is -2.15. The number of carbonyl (C=O) groups is 2. The molecule has 2 rings (SSSR count). The summed E-state index contributed by atoms with van der Waals surface area (Å²) in [5.41, 5.74) is -0.443. The number of aliphatic hydroxyl groups is 1. The van der Waals surface area contributed by atoms with E-state index in [1.54, 1.807) is 12.1 Å². The zero-order valence-corrected chi connectivity index (χ0v) is 9.14. The van der Waals surface area contributed by atoms with Crippen LogP contribution in [0.4, 0.5) is 0 Å². The molecule has 5 nitrogen and oxygen atoms in total. The first-order chi connectivity index (χ1) is 8.08. The second kappa shape index (κ2) is 4.18. The first kappa shape index (κ1) is 11.6. The average Bonchev–Trinajstić information content (AvgIpc) is 3.09. The molecule has 3 N–H and O–H groups in total. The molecule has 0 heterocycles. The molecule has 0 radical (unpaired) electrons. The predicted molar refractivity (Wildman–Crippen MR) is 59.9 cm³/mol. The summed E-state index contributed by atoms with van der Waals surface area (Å²) in [4.78, 5) is 22.8. The van der Waals surface area contributed by atoms with Gasteiger partial charge in [-0.2, -0.15) is 0 Å². The zero-order chi connectivity index (χ0) is 12.5. The summed E-state index contributed by atoms with van der Waals surface area (Å²) < 4.78 is 0. The van der Waals surface area contributed by atoms with Gasteiger partial charge in [0.2, 0.25) is 0 Å². The summed E-state index contributed by atoms with van der Waals surface area (Å²) in [5.74, 6) is -1.58. The van der Waals surface area contributed by atoms with Crippen LogP contribution in [-0.2, 0) is 0 Å². The number of benzene rings is 1. The highest BCUT2D eigenvalue weighted by atomic mass is 16.4. The summed E-state index contributed by atoms with van der Waals surface area (Å²) in [5, 5.41) is 20.7. The third-order valence-electron chi connectivity index (χ3n) is 2.94. The molecule has 1 amide bonds. The quantitative estimate of drug-likeness (QED) is 0.714. The summed E-state index contributed by atoms with van der Waals surface area (Å²) >= 11 is 0. The van der Waals surface area contributed by atoms with Gasteiger partial charge < -0.3 is 15.5 Å². The van der Waals surface area contributed by atoms with Gasteiger partial charge in [0.1, 0.15) is 0 Å². The average molecular weight is 235 g/mol. The fourth-order valence-corrected chi connectivity index (χ4v) is 1.65. The number of amides is 1. The van der Waals surface area contributed by atoms with Crippen molar-refractivity contribution in [3.05, 3.63) is 35.4 Å². The topological polar surface area (TPSA) is 86.6 Å². The van der Waals surface area contributed by atoms with Gasteiger partial charge >= 0.3 is 5.97 Å². The number of hydrogen-bond acceptors (Lipinski definition) is 3. The second-order valence-electron chi connectivity index (χ2n) is 4.24. The number of carbonyl (C=O) groups excluding carboxylic acids is 1. The van der Waals surface area contributed by atoms with Crippen LogP contribution in [0.2, 0.25) is 0 Å². The number of hydrogen-bond donors (Lipinski definition) is 3. The summed E-state index contributed by atoms with van der Waals surface area (Å²) in [6, 6.07) is 6.03. The molecular formula is C12H13NO4. The highest BCUT2D eigenvalue weighted by molar-refractivity contribution is 6.05. The Bertz CT molecular complexity index is 465. The van der Waals surface area contributed by atoms with Crippen molar-refractivity contribution >= 4 is 11.9 Å². The van der Waals surface area contributed by atoms with Gasteiger partial charge in [-0.3, -0.25) is 4.79 Å². The molecule has 90 valence electrons. The molecule has 1 fully saturated rings. The molecule has 0 aromatic heterocycles. The van der Waals surface area contributed by atoms with E-state index in [-0.39, 0.29) is 17.7 Å². The van der Waals surface area contributed by atoms with E-state index in [0.29, 0.717) is 0 Å². The van der Waals surface area contributed by atoms with Gasteiger partial charge in [-0.15, -0.1) is 0 Å². The van der Waals surface area contributed by atoms with Crippen molar-refractivity contribution in [2.75, 3.05) is 6.61 Å². The Balaban J connectivity index is 2.22. The van der Waals surface area contributed by atoms with Gasteiger partial charge in [0.25, 0.3) is 5.91 Å². The Morgan fingerprint density at radius 1 is 1.24 bits per heavy atom. The van der Waals surface area contributed by atoms with E-state index in [1.165, 1.54) is 12.1 Å². The first-order valence-electron chi connectivity index (χ1n) is 5.34. The third-order valence-corrected chi connectivity index (χ3v) is 2.94. The molecule has 0 unspecified atom stereocenters. The third kappa shape index (κ3) is 2.29. The Morgan fingerprint density at radius 3 is 2.29 bits per heavy atom. The van der Waals surface area contributed by atoms with Crippen molar-refractivity contribution in [2.45, 2.75) is 18.4 Å². The van der Waals surface area contributed by atoms with E-state index in [1.807, 2.05) is 0 Å². The second-order valence-corrected chi connectivity index (χ2v) is 4.24. The van der Waals surface area contributed by atoms with Crippen LogP contribution in [0.5, 0.6) is 0 Å². The maximum absolute atomic E-state index is 11.9. The van der Waals surface area contributed by atoms with Gasteiger partial charge in [-0.1, -0.05) is 12.1 Å². The number of nitrogens with one attached hydrogen (secondary N) is 1. The lowest BCUT2D eigenvalue weighted by atomic mass is 10.1. The van der Waals surface area contributed by atoms with E-state index in [4.69, 9.17) is 10.2 Å². The molecule has 0 atom stereocenters. The predicted octanol–water partition coefficient (Wildman–Crippen LogP) is 0.639. The molecule has 17 heavy (non-hydrogen) atoms. The smallest absolute Gasteiger partial charge is 0.336 e. The molecule has 1 aromatic rings. The highest BCUT2D eigenvalue weighted by Gasteiger charge is 2.43. The van der Waals surface area contributed by atoms with Gasteiger partial charge in [0.05, 0.1) is 23.3 Å². The minimum atomic E-state index is -1.13. The Hall–Kier alpha value is -1.88. The molecule has 0 bridgehead atoms. The van der Waals surface area contributed by atoms with E-state index in [9.17, 15) is 9.59 Å². The largest absolute Gasteiger partial charge is 0.478 e. The fourth-order valence-electron chi connectivity index (χ4n) is 1.65. The van der Waals surface area contributed by atoms with Crippen LogP contribution >= 0.6 is 0 Å². The van der Waals surface area contributed by atoms with Crippen LogP contribution in [0.25, 0.3) is 0 Å². The number of carboxylic acids is 1. The normalized spacial score (nSPS) is 16.3. The summed E-state index contributed by atoms with van der Waals surface area (Å²) in [6.07, 6.45) is 1.45. The summed E-state index contributed by atoms with van der Waals surface area (Å²) in [6.45, 7) is -0.117. The molecule has 0 aliphatic heterocycles. The van der Waals surface area contributed by atoms with Crippen molar-refractivity contribution in [2.24, 2.45) is 0 Å². The number of aliphatic hydroxyl groups excluding tert-OH is 1. The molecule has 1 aliphatic rings. The van der Waals surface area contributed by atoms with E-state index < -0.39 is 17.4 Å². The minimum Gasteiger partial charge on any atom is -0.478 e. The van der Waals surface area contributed by atoms with E-state index in [0.717, 1.165) is 12.8 Å². The first-order valence-corrected chi connectivity index (χ1v) is 5.34. The zero-order valence-electron chi connectivity index (χ0n) is 9.14. The maximum atomic E-state index is 11.9. The Morgan fingerprint density at radius 2 is 1.82 bits per heavy atom. The van der Waals surface area contributed by atoms with Crippen LogP contribution < -0.4 is 5.32 Å². The van der Waals surface area contributed by atoms with E-state index >= 15 is 0 Å². The fraction of sp³-hybridized carbons (Fsp3) is 0.333. The van der Waals surface area contributed by atoms with E-state index in [2.05, 4.69) is 5.32 Å². The number of aromatic carboxylic acids is 1. The van der Waals surface area contributed by atoms with Gasteiger partial charge in [-0.05, 0) is 25.0 Å². The molecule has 0 saturated heterocycles. The Kier molecular flexibility index (Phi) is 2.85. The SMILES string of the molecule is O=C(O)c1ccccc1C(=O)NC1(CO)CC1. The van der Waals surface area contributed by atoms with Gasteiger partial charge in [-0.25, -0.2) is 4.79 Å². The van der Waals surface area contributed by atoms with Crippen molar-refractivity contribution in [1.82, 2.24) is 5.32 Å². The van der Waals surface area contributed by atoms with Crippen LogP contribution in [0.15, 0.2) is 24.3 Å². The van der Waals surface area contributed by atoms with Crippen molar-refractivity contribution in [3.8, 4) is 0 Å². The number of rotatable bonds is 4. The monoisotopic (exact) mass is 235 g/mol. The van der Waals surface area contributed by atoms with Gasteiger partial charge in [0.15, 0.2) is 0 Å². The van der Waals surface area contributed by atoms with Crippen molar-refractivity contribution in [1.29, 1.82) is 0 Å². The molecule has 5 heteroatoms. The lowest BCUT2D eigenvalue weighted by Crippen LogP contribution is -2.40. The van der Waals surface area contributed by atoms with Crippen molar-refractivity contribution in [3.63, 3.8) is 0 Å².